The van der Waals surface area contributed by atoms with Gasteiger partial charge in [0, 0.05) is 11.5 Å². The van der Waals surface area contributed by atoms with Crippen LogP contribution in [0, 0.1) is 21.1 Å². The normalized spacial score (nSPS) is 24.2. The summed E-state index contributed by atoms with van der Waals surface area (Å²) in [5.74, 6) is -0.772. The van der Waals surface area contributed by atoms with Crippen LogP contribution in [0.1, 0.15) is 31.6 Å². The van der Waals surface area contributed by atoms with Gasteiger partial charge in [0.05, 0.1) is 16.8 Å². The first-order valence-electron chi connectivity index (χ1n) is 5.99. The number of rotatable bonds is 3. The summed E-state index contributed by atoms with van der Waals surface area (Å²) in [6.07, 6.45) is 1.47. The highest BCUT2D eigenvalue weighted by atomic mass is 127. The minimum atomic E-state index is -0.654. The van der Waals surface area contributed by atoms with E-state index in [1.807, 2.05) is 0 Å². The summed E-state index contributed by atoms with van der Waals surface area (Å²) in [5, 5.41) is 0. The summed E-state index contributed by atoms with van der Waals surface area (Å²) < 4.78 is 37.9. The number of hydrogen-bond donors (Lipinski definition) is 0. The van der Waals surface area contributed by atoms with Crippen molar-refractivity contribution in [3.63, 3.8) is 0 Å². The molecule has 5 heteroatoms. The third kappa shape index (κ3) is 3.19. The van der Waals surface area contributed by atoms with E-state index >= 15 is 0 Å². The average Bonchev–Trinajstić information content (AvgIpc) is 2.37. The van der Waals surface area contributed by atoms with Crippen molar-refractivity contribution in [2.45, 2.75) is 26.1 Å². The summed E-state index contributed by atoms with van der Waals surface area (Å²) >= 11 is 1.64. The third-order valence-electron chi connectivity index (χ3n) is 2.94. The standard InChI is InChI=1S/C13H15F2IO2/c1-2-3-8-6-17-13(18-7-8)9-4-10(14)12(16)11(15)5-9/h4-5,8,13H,2-3,6-7H2,1H3. The molecule has 0 bridgehead atoms. The Morgan fingerprint density at radius 1 is 1.22 bits per heavy atom. The van der Waals surface area contributed by atoms with Gasteiger partial charge >= 0.3 is 0 Å². The number of benzene rings is 1. The lowest BCUT2D eigenvalue weighted by Gasteiger charge is -2.29. The summed E-state index contributed by atoms with van der Waals surface area (Å²) in [4.78, 5) is 0. The van der Waals surface area contributed by atoms with E-state index in [1.54, 1.807) is 22.6 Å². The van der Waals surface area contributed by atoms with Crippen LogP contribution in [0.15, 0.2) is 12.1 Å². The average molecular weight is 368 g/mol. The predicted octanol–water partition coefficient (Wildman–Crippen LogP) is 4.03. The first-order valence-corrected chi connectivity index (χ1v) is 7.07. The number of halogens is 3. The highest BCUT2D eigenvalue weighted by Crippen LogP contribution is 2.29. The minimum absolute atomic E-state index is 0.00369. The van der Waals surface area contributed by atoms with Gasteiger partial charge in [-0.1, -0.05) is 13.3 Å². The van der Waals surface area contributed by atoms with E-state index in [0.717, 1.165) is 12.8 Å². The van der Waals surface area contributed by atoms with Gasteiger partial charge in [0.1, 0.15) is 11.6 Å². The summed E-state index contributed by atoms with van der Waals surface area (Å²) in [6.45, 7) is 3.26. The fourth-order valence-electron chi connectivity index (χ4n) is 2.02. The van der Waals surface area contributed by atoms with Crippen molar-refractivity contribution in [3.05, 3.63) is 32.9 Å². The Morgan fingerprint density at radius 3 is 2.28 bits per heavy atom. The van der Waals surface area contributed by atoms with E-state index in [-0.39, 0.29) is 3.57 Å². The molecule has 2 nitrogen and oxygen atoms in total. The fraction of sp³-hybridized carbons (Fsp3) is 0.538. The molecule has 0 amide bonds. The lowest BCUT2D eigenvalue weighted by atomic mass is 10.1. The Hall–Kier alpha value is -0.270. The van der Waals surface area contributed by atoms with Gasteiger partial charge in [-0.3, -0.25) is 0 Å². The molecule has 0 saturated carbocycles. The monoisotopic (exact) mass is 368 g/mol. The molecule has 0 unspecified atom stereocenters. The van der Waals surface area contributed by atoms with Crippen molar-refractivity contribution in [2.75, 3.05) is 13.2 Å². The first kappa shape index (κ1) is 14.1. The highest BCUT2D eigenvalue weighted by Gasteiger charge is 2.24. The summed E-state index contributed by atoms with van der Waals surface area (Å²) in [5.41, 5.74) is 0.403. The molecule has 0 aliphatic carbocycles. The molecule has 1 aromatic rings. The van der Waals surface area contributed by atoms with Gasteiger partial charge in [0.15, 0.2) is 6.29 Å². The van der Waals surface area contributed by atoms with Crippen molar-refractivity contribution >= 4 is 22.6 Å². The molecule has 2 rings (SSSR count). The van der Waals surface area contributed by atoms with Gasteiger partial charge in [-0.25, -0.2) is 8.78 Å². The maximum Gasteiger partial charge on any atom is 0.184 e. The topological polar surface area (TPSA) is 18.5 Å². The Bertz CT molecular complexity index is 394. The SMILES string of the molecule is CCCC1COC(c2cc(F)c(I)c(F)c2)OC1. The second-order valence-electron chi connectivity index (χ2n) is 4.45. The fourth-order valence-corrected chi connectivity index (χ4v) is 2.33. The Labute approximate surface area is 119 Å². The lowest BCUT2D eigenvalue weighted by Crippen LogP contribution is -2.27. The largest absolute Gasteiger partial charge is 0.348 e. The second kappa shape index (κ2) is 6.25. The van der Waals surface area contributed by atoms with Gasteiger partial charge in [0.25, 0.3) is 0 Å². The van der Waals surface area contributed by atoms with E-state index in [2.05, 4.69) is 6.92 Å². The van der Waals surface area contributed by atoms with Crippen molar-refractivity contribution < 1.29 is 18.3 Å². The smallest absolute Gasteiger partial charge is 0.184 e. The molecule has 1 heterocycles. The Balaban J connectivity index is 2.05. The van der Waals surface area contributed by atoms with E-state index in [9.17, 15) is 8.78 Å². The van der Waals surface area contributed by atoms with Crippen LogP contribution in [0.4, 0.5) is 8.78 Å². The van der Waals surface area contributed by atoms with Crippen molar-refractivity contribution in [1.82, 2.24) is 0 Å². The van der Waals surface area contributed by atoms with Gasteiger partial charge in [0.2, 0.25) is 0 Å². The molecule has 0 aromatic heterocycles. The lowest BCUT2D eigenvalue weighted by molar-refractivity contribution is -0.206. The van der Waals surface area contributed by atoms with Crippen LogP contribution in [-0.2, 0) is 9.47 Å². The molecule has 1 saturated heterocycles. The molecular formula is C13H15F2IO2. The summed E-state index contributed by atoms with van der Waals surface area (Å²) in [6, 6.07) is 2.55. The molecule has 1 fully saturated rings. The molecule has 0 N–H and O–H groups in total. The van der Waals surface area contributed by atoms with Gasteiger partial charge < -0.3 is 9.47 Å². The summed E-state index contributed by atoms with van der Waals surface area (Å²) in [7, 11) is 0. The molecule has 0 spiro atoms. The van der Waals surface area contributed by atoms with Gasteiger partial charge in [-0.2, -0.15) is 0 Å². The maximum atomic E-state index is 13.4. The van der Waals surface area contributed by atoms with Crippen molar-refractivity contribution in [1.29, 1.82) is 0 Å². The molecular weight excluding hydrogens is 353 g/mol. The maximum absolute atomic E-state index is 13.4. The zero-order valence-corrected chi connectivity index (χ0v) is 12.2. The quantitative estimate of drug-likeness (QED) is 0.593. The van der Waals surface area contributed by atoms with Crippen LogP contribution in [0.3, 0.4) is 0 Å². The third-order valence-corrected chi connectivity index (χ3v) is 3.97. The van der Waals surface area contributed by atoms with E-state index in [0.29, 0.717) is 24.7 Å². The molecule has 18 heavy (non-hydrogen) atoms. The van der Waals surface area contributed by atoms with Crippen molar-refractivity contribution in [3.8, 4) is 0 Å². The zero-order chi connectivity index (χ0) is 13.1. The Morgan fingerprint density at radius 2 is 1.78 bits per heavy atom. The second-order valence-corrected chi connectivity index (χ2v) is 5.53. The molecule has 1 aromatic carbocycles. The van der Waals surface area contributed by atoms with Gasteiger partial charge in [-0.05, 0) is 41.1 Å². The Kier molecular flexibility index (Phi) is 4.91. The van der Waals surface area contributed by atoms with Crippen LogP contribution in [0.2, 0.25) is 0 Å². The van der Waals surface area contributed by atoms with Crippen molar-refractivity contribution in [2.24, 2.45) is 5.92 Å². The number of hydrogen-bond acceptors (Lipinski definition) is 2. The highest BCUT2D eigenvalue weighted by molar-refractivity contribution is 14.1. The van der Waals surface area contributed by atoms with E-state index in [4.69, 9.17) is 9.47 Å². The molecule has 100 valence electrons. The van der Waals surface area contributed by atoms with E-state index < -0.39 is 17.9 Å². The van der Waals surface area contributed by atoms with Crippen LogP contribution in [0.25, 0.3) is 0 Å². The molecule has 0 atom stereocenters. The van der Waals surface area contributed by atoms with Crippen LogP contribution in [-0.4, -0.2) is 13.2 Å². The van der Waals surface area contributed by atoms with Crippen LogP contribution in [0.5, 0.6) is 0 Å². The first-order chi connectivity index (χ1) is 8.61. The molecule has 1 aliphatic heterocycles. The van der Waals surface area contributed by atoms with E-state index in [1.165, 1.54) is 12.1 Å². The van der Waals surface area contributed by atoms with Gasteiger partial charge in [-0.15, -0.1) is 0 Å². The molecule has 0 radical (unpaired) electrons. The predicted molar refractivity (Wildman–Crippen MR) is 72.1 cm³/mol. The minimum Gasteiger partial charge on any atom is -0.348 e. The van der Waals surface area contributed by atoms with Crippen LogP contribution < -0.4 is 0 Å². The number of ether oxygens (including phenoxy) is 2. The molecule has 1 aliphatic rings. The zero-order valence-electron chi connectivity index (χ0n) is 10.1. The van der Waals surface area contributed by atoms with Crippen LogP contribution >= 0.6 is 22.6 Å².